The van der Waals surface area contributed by atoms with Gasteiger partial charge in [0.05, 0.1) is 41.1 Å². The molecule has 0 aliphatic rings. The van der Waals surface area contributed by atoms with Gasteiger partial charge >= 0.3 is 0 Å². The molecule has 0 aliphatic carbocycles. The van der Waals surface area contributed by atoms with Crippen LogP contribution in [0.4, 0.5) is 0 Å². The van der Waals surface area contributed by atoms with E-state index in [2.05, 4.69) is 0 Å². The van der Waals surface area contributed by atoms with Gasteiger partial charge in [0.15, 0.2) is 0 Å². The van der Waals surface area contributed by atoms with E-state index in [4.69, 9.17) is 31.8 Å². The lowest BCUT2D eigenvalue weighted by atomic mass is 9.83. The normalized spacial score (nSPS) is 20.2. The Morgan fingerprint density at radius 2 is 0.816 bits per heavy atom. The zero-order valence-electron chi connectivity index (χ0n) is 54.4. The molecule has 10 aromatic rings. The van der Waals surface area contributed by atoms with E-state index >= 15 is 0 Å². The molecule has 1 aromatic heterocycles. The monoisotopic (exact) mass is 652 g/mol. The SMILES string of the molecule is [2H]c1c([2H])c([2H])c(-c2c([2H])c(-c3c([2H])c([2H])c([2H])c([2H])c3[2H])c([2H])c(-c3c4c([2H])c([2H])c([2H])c([2H])c4c(-c4c([2H])c([2H])c([2H])c5oc6c([2H])c7c([2H])c([2H])c([2H])c([2H])c7c([2H])c6c45)c4c([2H])c([2H])c([2H])c([2H])c34)c2[2H])c([2H])c1[2H]. The van der Waals surface area contributed by atoms with E-state index in [1.165, 1.54) is 0 Å². The highest BCUT2D eigenvalue weighted by atomic mass is 16.3. The van der Waals surface area contributed by atoms with Gasteiger partial charge in [-0.15, -0.1) is 0 Å². The maximum absolute atomic E-state index is 9.98. The first-order valence-corrected chi connectivity index (χ1v) is 14.4. The van der Waals surface area contributed by atoms with Crippen molar-refractivity contribution >= 4 is 54.3 Å². The summed E-state index contributed by atoms with van der Waals surface area (Å²) >= 11 is 0. The lowest BCUT2D eigenvalue weighted by molar-refractivity contribution is 0.669. The van der Waals surface area contributed by atoms with E-state index in [1.807, 2.05) is 0 Å². The van der Waals surface area contributed by atoms with Crippen LogP contribution in [-0.4, -0.2) is 0 Å². The Bertz CT molecular complexity index is 4360. The van der Waals surface area contributed by atoms with Crippen LogP contribution in [0.25, 0.3) is 98.8 Å². The van der Waals surface area contributed by atoms with Gasteiger partial charge in [-0.2, -0.15) is 0 Å². The largest absolute Gasteiger partial charge is 0.456 e. The fourth-order valence-electron chi connectivity index (χ4n) is 5.82. The van der Waals surface area contributed by atoms with Crippen LogP contribution in [0.3, 0.4) is 0 Å². The molecule has 0 saturated heterocycles. The fourth-order valence-corrected chi connectivity index (χ4v) is 5.82. The number of hydrogen-bond donors (Lipinski definition) is 0. The van der Waals surface area contributed by atoms with Crippen LogP contribution in [-0.2, 0) is 0 Å². The van der Waals surface area contributed by atoms with Crippen molar-refractivity contribution in [2.45, 2.75) is 0 Å². The van der Waals surface area contributed by atoms with Gasteiger partial charge in [0, 0.05) is 10.8 Å². The minimum Gasteiger partial charge on any atom is -0.456 e. The fraction of sp³-hybridized carbons (Fsp3) is 0. The molecule has 0 radical (unpaired) electrons. The molecule has 1 nitrogen and oxygen atoms in total. The molecular formula is C48H30O. The highest BCUT2D eigenvalue weighted by Gasteiger charge is 2.21. The van der Waals surface area contributed by atoms with Gasteiger partial charge in [-0.05, 0) is 113 Å². The van der Waals surface area contributed by atoms with E-state index in [-0.39, 0.29) is 0 Å². The lowest BCUT2D eigenvalue weighted by Gasteiger charge is -2.19. The van der Waals surface area contributed by atoms with E-state index in [0.717, 1.165) is 0 Å². The molecule has 0 spiro atoms. The van der Waals surface area contributed by atoms with Crippen LogP contribution < -0.4 is 0 Å². The van der Waals surface area contributed by atoms with Gasteiger partial charge in [-0.3, -0.25) is 0 Å². The number of fused-ring (bicyclic) bond motifs is 6. The highest BCUT2D eigenvalue weighted by Crippen LogP contribution is 2.48. The average Bonchev–Trinajstić information content (AvgIpc) is 3.29. The van der Waals surface area contributed by atoms with Crippen molar-refractivity contribution in [3.63, 3.8) is 0 Å². The third-order valence-corrected chi connectivity index (χ3v) is 7.82. The quantitative estimate of drug-likeness (QED) is 0.172. The predicted molar refractivity (Wildman–Crippen MR) is 208 cm³/mol. The molecule has 0 unspecified atom stereocenters. The van der Waals surface area contributed by atoms with Gasteiger partial charge < -0.3 is 4.42 Å². The maximum atomic E-state index is 9.98. The summed E-state index contributed by atoms with van der Waals surface area (Å²) in [6, 6.07) is -30.1. The standard InChI is InChI=1S/C48H30O/c1-3-14-31(15-4-1)35-26-36(32-16-5-2-6-17-32)28-37(27-35)46-38-20-9-11-22-40(38)47(41-23-12-10-21-39(41)46)42-24-13-25-44-48(42)43-29-33-18-7-8-19-34(33)30-45(43)49-44/h1-30H/i1D,2D,3D,4D,5D,6D,7D,8D,9D,10D,11D,12D,13D,14D,15D,16D,17D,18D,19D,20D,21D,22D,23D,24D,25D,26D,27D,28D,29D,30D. The molecule has 10 rings (SSSR count). The summed E-state index contributed by atoms with van der Waals surface area (Å²) in [6.45, 7) is 0. The van der Waals surface area contributed by atoms with Gasteiger partial charge in [-0.1, -0.05) is 145 Å². The lowest BCUT2D eigenvalue weighted by Crippen LogP contribution is -1.92. The predicted octanol–water partition coefficient (Wildman–Crippen LogP) is 13.7. The van der Waals surface area contributed by atoms with Crippen LogP contribution in [0.2, 0.25) is 0 Å². The molecule has 1 heterocycles. The zero-order valence-corrected chi connectivity index (χ0v) is 24.4. The van der Waals surface area contributed by atoms with Crippen molar-refractivity contribution in [2.75, 3.05) is 0 Å². The molecule has 0 saturated carbocycles. The molecule has 0 aliphatic heterocycles. The van der Waals surface area contributed by atoms with Gasteiger partial charge in [0.25, 0.3) is 0 Å². The van der Waals surface area contributed by atoms with Crippen LogP contribution in [0.1, 0.15) is 41.1 Å². The van der Waals surface area contributed by atoms with E-state index < -0.39 is 280 Å². The third-order valence-electron chi connectivity index (χ3n) is 7.82. The van der Waals surface area contributed by atoms with E-state index in [0.29, 0.717) is 0 Å². The van der Waals surface area contributed by atoms with Gasteiger partial charge in [0.1, 0.15) is 11.2 Å². The van der Waals surface area contributed by atoms with Crippen LogP contribution >= 0.6 is 0 Å². The first kappa shape index (κ1) is 11.1. The molecule has 1 heteroatoms. The number of furan rings is 1. The molecule has 0 fully saturated rings. The Kier molecular flexibility index (Phi) is 2.50. The van der Waals surface area contributed by atoms with Crippen LogP contribution in [0, 0.1) is 0 Å². The molecule has 9 aromatic carbocycles. The van der Waals surface area contributed by atoms with Crippen molar-refractivity contribution in [1.82, 2.24) is 0 Å². The highest BCUT2D eigenvalue weighted by molar-refractivity contribution is 6.26. The zero-order chi connectivity index (χ0) is 58.4. The van der Waals surface area contributed by atoms with Crippen molar-refractivity contribution < 1.29 is 45.5 Å². The molecule has 0 amide bonds. The maximum Gasteiger partial charge on any atom is 0.136 e. The first-order chi connectivity index (χ1) is 36.8. The van der Waals surface area contributed by atoms with E-state index in [9.17, 15) is 13.7 Å². The number of rotatable bonds is 4. The molecule has 0 bridgehead atoms. The minimum absolute atomic E-state index is 0.515. The molecule has 0 atom stereocenters. The summed E-state index contributed by atoms with van der Waals surface area (Å²) in [5.74, 6) is 0. The average molecular weight is 653 g/mol. The van der Waals surface area contributed by atoms with Crippen molar-refractivity contribution in [3.8, 4) is 44.5 Å². The molecule has 49 heavy (non-hydrogen) atoms. The van der Waals surface area contributed by atoms with Gasteiger partial charge in [-0.25, -0.2) is 0 Å². The number of benzene rings is 9. The summed E-state index contributed by atoms with van der Waals surface area (Å²) in [6.07, 6.45) is 0. The van der Waals surface area contributed by atoms with Crippen molar-refractivity contribution in [1.29, 1.82) is 0 Å². The number of hydrogen-bond acceptors (Lipinski definition) is 1. The Hall–Kier alpha value is -6.44. The minimum atomic E-state index is -1.19. The smallest absolute Gasteiger partial charge is 0.136 e. The second kappa shape index (κ2) is 11.1. The Morgan fingerprint density at radius 3 is 1.41 bits per heavy atom. The van der Waals surface area contributed by atoms with Crippen LogP contribution in [0.5, 0.6) is 0 Å². The summed E-state index contributed by atoms with van der Waals surface area (Å²) in [5, 5.41) is -5.62. The molecule has 0 N–H and O–H groups in total. The Balaban J connectivity index is 1.58. The Morgan fingerprint density at radius 1 is 0.327 bits per heavy atom. The summed E-state index contributed by atoms with van der Waals surface area (Å²) in [7, 11) is 0. The summed E-state index contributed by atoms with van der Waals surface area (Å²) < 4.78 is 278. The first-order valence-electron chi connectivity index (χ1n) is 29.4. The van der Waals surface area contributed by atoms with E-state index in [1.54, 1.807) is 0 Å². The van der Waals surface area contributed by atoms with Crippen molar-refractivity contribution in [3.05, 3.63) is 181 Å². The molecular weight excluding hydrogens is 593 g/mol. The third kappa shape index (κ3) is 4.47. The second-order valence-corrected chi connectivity index (χ2v) is 10.5. The molecule has 228 valence electrons. The summed E-state index contributed by atoms with van der Waals surface area (Å²) in [5.41, 5.74) is -8.60. The van der Waals surface area contributed by atoms with Gasteiger partial charge in [0.2, 0.25) is 0 Å². The summed E-state index contributed by atoms with van der Waals surface area (Å²) in [4.78, 5) is 0. The topological polar surface area (TPSA) is 13.1 Å². The van der Waals surface area contributed by atoms with Crippen LogP contribution in [0.15, 0.2) is 186 Å². The Labute approximate surface area is 326 Å². The van der Waals surface area contributed by atoms with Crippen molar-refractivity contribution in [2.24, 2.45) is 0 Å². The second-order valence-electron chi connectivity index (χ2n) is 10.5.